The molecule has 3 aromatic heterocycles. The number of rotatable bonds is 4. The summed E-state index contributed by atoms with van der Waals surface area (Å²) in [5.74, 6) is -1.97. The Morgan fingerprint density at radius 2 is 1.88 bits per heavy atom. The Hall–Kier alpha value is -3.89. The molecule has 0 aliphatic heterocycles. The number of fused-ring (bicyclic) bond motifs is 2. The van der Waals surface area contributed by atoms with Gasteiger partial charge in [0.05, 0.1) is 5.52 Å². The molecule has 0 aliphatic rings. The number of halogens is 3. The Kier molecular flexibility index (Phi) is 6.70. The predicted octanol–water partition coefficient (Wildman–Crippen LogP) is 4.58. The zero-order valence-electron chi connectivity index (χ0n) is 18.0. The van der Waals surface area contributed by atoms with E-state index in [4.69, 9.17) is 9.90 Å². The summed E-state index contributed by atoms with van der Waals surface area (Å²) in [6.07, 6.45) is -2.42. The second kappa shape index (κ2) is 9.31. The first-order chi connectivity index (χ1) is 15.5. The van der Waals surface area contributed by atoms with Gasteiger partial charge in [0.25, 0.3) is 5.91 Å². The molecule has 33 heavy (non-hydrogen) atoms. The number of carboxylic acid groups (broad SMARTS) is 1. The third-order valence-corrected chi connectivity index (χ3v) is 4.92. The number of pyridine rings is 1. The Balaban J connectivity index is 0.000000383. The fourth-order valence-electron chi connectivity index (χ4n) is 3.07. The largest absolute Gasteiger partial charge is 0.490 e. The van der Waals surface area contributed by atoms with Crippen LogP contribution in [0.2, 0.25) is 0 Å². The van der Waals surface area contributed by atoms with Crippen molar-refractivity contribution in [1.82, 2.24) is 25.3 Å². The molecule has 1 aromatic carbocycles. The van der Waals surface area contributed by atoms with Crippen molar-refractivity contribution < 1.29 is 27.9 Å². The van der Waals surface area contributed by atoms with Crippen molar-refractivity contribution in [1.29, 1.82) is 0 Å². The average molecular weight is 461 g/mol. The summed E-state index contributed by atoms with van der Waals surface area (Å²) in [6.45, 7) is 5.97. The molecule has 4 aromatic rings. The molecule has 1 amide bonds. The van der Waals surface area contributed by atoms with Gasteiger partial charge in [0.2, 0.25) is 0 Å². The molecule has 0 unspecified atom stereocenters. The number of amides is 1. The highest BCUT2D eigenvalue weighted by Crippen LogP contribution is 2.29. The molecular formula is C22H22F3N5O3. The molecule has 3 heterocycles. The highest BCUT2D eigenvalue weighted by Gasteiger charge is 2.38. The lowest BCUT2D eigenvalue weighted by Crippen LogP contribution is -2.31. The molecule has 4 rings (SSSR count). The van der Waals surface area contributed by atoms with Gasteiger partial charge in [-0.1, -0.05) is 13.0 Å². The Labute approximate surface area is 186 Å². The van der Waals surface area contributed by atoms with Crippen LogP contribution in [0.5, 0.6) is 0 Å². The number of aromatic nitrogens is 4. The average Bonchev–Trinajstić information content (AvgIpc) is 3.34. The van der Waals surface area contributed by atoms with E-state index in [1.807, 2.05) is 38.1 Å². The molecule has 174 valence electrons. The van der Waals surface area contributed by atoms with Crippen LogP contribution in [-0.2, 0) is 4.79 Å². The van der Waals surface area contributed by atoms with Gasteiger partial charge in [0.1, 0.15) is 5.82 Å². The number of nitrogens with zero attached hydrogens (tertiary/aromatic N) is 2. The molecule has 0 saturated carbocycles. The van der Waals surface area contributed by atoms with Crippen molar-refractivity contribution in [2.45, 2.75) is 39.4 Å². The number of carboxylic acids is 1. The van der Waals surface area contributed by atoms with Crippen LogP contribution < -0.4 is 5.32 Å². The van der Waals surface area contributed by atoms with Crippen molar-refractivity contribution in [3.05, 3.63) is 47.9 Å². The number of imidazole rings is 1. The van der Waals surface area contributed by atoms with Crippen LogP contribution >= 0.6 is 0 Å². The Morgan fingerprint density at radius 3 is 2.52 bits per heavy atom. The van der Waals surface area contributed by atoms with E-state index in [0.717, 1.165) is 39.9 Å². The van der Waals surface area contributed by atoms with Crippen molar-refractivity contribution in [2.24, 2.45) is 0 Å². The molecule has 1 atom stereocenters. The SMILES string of the molecule is CC[C@H](C)NC(=O)c1ccc2cc(-c3ccnc4nc(C)[nH]c34)[nH]c2c1.O=C(O)C(F)(F)F. The number of nitrogens with one attached hydrogen (secondary N) is 3. The lowest BCUT2D eigenvalue weighted by Gasteiger charge is -2.11. The highest BCUT2D eigenvalue weighted by molar-refractivity contribution is 6.00. The number of aryl methyl sites for hydroxylation is 1. The van der Waals surface area contributed by atoms with E-state index in [1.54, 1.807) is 6.20 Å². The van der Waals surface area contributed by atoms with Crippen LogP contribution in [0.25, 0.3) is 33.3 Å². The number of aromatic amines is 2. The maximum absolute atomic E-state index is 12.4. The predicted molar refractivity (Wildman–Crippen MR) is 117 cm³/mol. The Bertz CT molecular complexity index is 1310. The fraction of sp³-hybridized carbons (Fsp3) is 0.273. The molecule has 0 fully saturated rings. The van der Waals surface area contributed by atoms with E-state index in [0.29, 0.717) is 11.2 Å². The van der Waals surface area contributed by atoms with E-state index >= 15 is 0 Å². The third-order valence-electron chi connectivity index (χ3n) is 4.92. The summed E-state index contributed by atoms with van der Waals surface area (Å²) in [6, 6.07) is 9.92. The van der Waals surface area contributed by atoms with E-state index in [1.165, 1.54) is 0 Å². The minimum absolute atomic E-state index is 0.0482. The normalized spacial score (nSPS) is 12.3. The molecule has 8 nitrogen and oxygen atoms in total. The minimum Gasteiger partial charge on any atom is -0.475 e. The van der Waals surface area contributed by atoms with Crippen molar-refractivity contribution in [3.63, 3.8) is 0 Å². The molecule has 0 radical (unpaired) electrons. The molecule has 0 aliphatic carbocycles. The van der Waals surface area contributed by atoms with Crippen LogP contribution in [0.1, 0.15) is 36.5 Å². The van der Waals surface area contributed by atoms with Gasteiger partial charge in [-0.3, -0.25) is 4.79 Å². The van der Waals surface area contributed by atoms with Crippen LogP contribution in [0.15, 0.2) is 36.5 Å². The van der Waals surface area contributed by atoms with E-state index < -0.39 is 12.1 Å². The van der Waals surface area contributed by atoms with Crippen molar-refractivity contribution in [2.75, 3.05) is 0 Å². The quantitative estimate of drug-likeness (QED) is 0.354. The summed E-state index contributed by atoms with van der Waals surface area (Å²) in [5.41, 5.74) is 5.17. The zero-order chi connectivity index (χ0) is 24.3. The first kappa shape index (κ1) is 23.8. The van der Waals surface area contributed by atoms with E-state index in [2.05, 4.69) is 38.2 Å². The number of hydrogen-bond donors (Lipinski definition) is 4. The molecule has 4 N–H and O–H groups in total. The number of carbonyl (C=O) groups excluding carboxylic acids is 1. The van der Waals surface area contributed by atoms with Crippen molar-refractivity contribution >= 4 is 33.9 Å². The van der Waals surface area contributed by atoms with Gasteiger partial charge in [-0.05, 0) is 44.5 Å². The number of hydrogen-bond acceptors (Lipinski definition) is 4. The summed E-state index contributed by atoms with van der Waals surface area (Å²) in [4.78, 5) is 36.6. The maximum atomic E-state index is 12.4. The van der Waals surface area contributed by atoms with Crippen LogP contribution in [0, 0.1) is 6.92 Å². The van der Waals surface area contributed by atoms with Gasteiger partial charge >= 0.3 is 12.1 Å². The lowest BCUT2D eigenvalue weighted by molar-refractivity contribution is -0.192. The number of carbonyl (C=O) groups is 2. The molecule has 0 bridgehead atoms. The highest BCUT2D eigenvalue weighted by atomic mass is 19.4. The van der Waals surface area contributed by atoms with Gasteiger partial charge in [0.15, 0.2) is 5.65 Å². The smallest absolute Gasteiger partial charge is 0.475 e. The summed E-state index contributed by atoms with van der Waals surface area (Å²) in [5, 5.41) is 11.2. The number of H-pyrrole nitrogens is 2. The number of alkyl halides is 3. The van der Waals surface area contributed by atoms with Crippen LogP contribution in [-0.4, -0.2) is 49.1 Å². The van der Waals surface area contributed by atoms with Gasteiger partial charge in [-0.2, -0.15) is 13.2 Å². The fourth-order valence-corrected chi connectivity index (χ4v) is 3.07. The lowest BCUT2D eigenvalue weighted by atomic mass is 10.1. The summed E-state index contributed by atoms with van der Waals surface area (Å²) >= 11 is 0. The zero-order valence-corrected chi connectivity index (χ0v) is 18.0. The molecule has 0 saturated heterocycles. The topological polar surface area (TPSA) is 124 Å². The van der Waals surface area contributed by atoms with Gasteiger partial charge in [-0.15, -0.1) is 0 Å². The first-order valence-electron chi connectivity index (χ1n) is 10.0. The van der Waals surface area contributed by atoms with Crippen LogP contribution in [0.4, 0.5) is 13.2 Å². The molecule has 0 spiro atoms. The van der Waals surface area contributed by atoms with Crippen molar-refractivity contribution in [3.8, 4) is 11.3 Å². The minimum atomic E-state index is -5.08. The molecule has 11 heteroatoms. The van der Waals surface area contributed by atoms with Gasteiger partial charge in [-0.25, -0.2) is 14.8 Å². The first-order valence-corrected chi connectivity index (χ1v) is 10.0. The number of benzene rings is 1. The second-order valence-corrected chi connectivity index (χ2v) is 7.45. The molecular weight excluding hydrogens is 439 g/mol. The third kappa shape index (κ3) is 5.48. The second-order valence-electron chi connectivity index (χ2n) is 7.45. The summed E-state index contributed by atoms with van der Waals surface area (Å²) in [7, 11) is 0. The maximum Gasteiger partial charge on any atom is 0.490 e. The van der Waals surface area contributed by atoms with Crippen LogP contribution in [0.3, 0.4) is 0 Å². The monoisotopic (exact) mass is 461 g/mol. The van der Waals surface area contributed by atoms with Gasteiger partial charge < -0.3 is 20.4 Å². The number of aliphatic carboxylic acids is 1. The van der Waals surface area contributed by atoms with E-state index in [9.17, 15) is 18.0 Å². The summed E-state index contributed by atoms with van der Waals surface area (Å²) < 4.78 is 31.7. The van der Waals surface area contributed by atoms with Gasteiger partial charge in [0, 0.05) is 40.0 Å². The van der Waals surface area contributed by atoms with E-state index in [-0.39, 0.29) is 11.9 Å². The standard InChI is InChI=1S/C20H21N5O.C2HF3O2/c1-4-11(2)22-20(26)14-6-5-13-9-17(25-16(13)10-14)15-7-8-21-19-18(15)23-12(3)24-19;3-2(4,5)1(6)7/h5-11,25H,4H2,1-3H3,(H,22,26)(H,21,23,24);(H,6,7)/t11-;/m0./s1. The Morgan fingerprint density at radius 1 is 1.18 bits per heavy atom.